The number of carbonyl (C=O) groups is 1. The van der Waals surface area contributed by atoms with Gasteiger partial charge in [-0.2, -0.15) is 0 Å². The zero-order valence-electron chi connectivity index (χ0n) is 13.3. The summed E-state index contributed by atoms with van der Waals surface area (Å²) in [5.74, 6) is 0. The number of amides is 1. The van der Waals surface area contributed by atoms with E-state index in [0.29, 0.717) is 20.4 Å². The van der Waals surface area contributed by atoms with E-state index in [9.17, 15) is 25.1 Å². The monoisotopic (exact) mass is 444 g/mol. The SMILES string of the molecule is O=C(O)N1CCN(c2c([N+](=O)[O-])cnc3cc(Br)c(Cl)cc23)[C@H](CO)C1. The second kappa shape index (κ2) is 7.22. The van der Waals surface area contributed by atoms with Crippen molar-refractivity contribution in [2.75, 3.05) is 31.1 Å². The van der Waals surface area contributed by atoms with Crippen LogP contribution in [0.3, 0.4) is 0 Å². The number of pyridine rings is 1. The summed E-state index contributed by atoms with van der Waals surface area (Å²) in [7, 11) is 0. The van der Waals surface area contributed by atoms with Crippen molar-refractivity contribution < 1.29 is 19.9 Å². The van der Waals surface area contributed by atoms with Crippen molar-refractivity contribution in [2.45, 2.75) is 6.04 Å². The molecule has 0 radical (unpaired) electrons. The van der Waals surface area contributed by atoms with E-state index in [1.807, 2.05) is 0 Å². The van der Waals surface area contributed by atoms with Crippen molar-refractivity contribution in [2.24, 2.45) is 0 Å². The molecular formula is C15H14BrClN4O5. The van der Waals surface area contributed by atoms with Crippen LogP contribution >= 0.6 is 27.5 Å². The lowest BCUT2D eigenvalue weighted by molar-refractivity contribution is -0.384. The van der Waals surface area contributed by atoms with E-state index in [1.54, 1.807) is 17.0 Å². The first-order valence-corrected chi connectivity index (χ1v) is 8.78. The predicted octanol–water partition coefficient (Wildman–Crippen LogP) is 2.72. The Hall–Kier alpha value is -2.17. The van der Waals surface area contributed by atoms with Crippen LogP contribution in [0.5, 0.6) is 0 Å². The summed E-state index contributed by atoms with van der Waals surface area (Å²) in [4.78, 5) is 29.2. The second-order valence-corrected chi connectivity index (χ2v) is 7.05. The van der Waals surface area contributed by atoms with Crippen LogP contribution in [0, 0.1) is 10.1 Å². The van der Waals surface area contributed by atoms with Gasteiger partial charge >= 0.3 is 11.8 Å². The van der Waals surface area contributed by atoms with Crippen LogP contribution in [0.2, 0.25) is 5.02 Å². The maximum atomic E-state index is 11.6. The molecule has 1 aliphatic rings. The topological polar surface area (TPSA) is 120 Å². The molecule has 2 N–H and O–H groups in total. The van der Waals surface area contributed by atoms with Crippen molar-refractivity contribution in [1.82, 2.24) is 9.88 Å². The zero-order chi connectivity index (χ0) is 19.0. The van der Waals surface area contributed by atoms with E-state index in [4.69, 9.17) is 11.6 Å². The van der Waals surface area contributed by atoms with Crippen LogP contribution < -0.4 is 4.90 Å². The molecule has 26 heavy (non-hydrogen) atoms. The predicted molar refractivity (Wildman–Crippen MR) is 98.9 cm³/mol. The molecule has 2 aromatic rings. The quantitative estimate of drug-likeness (QED) is 0.550. The molecule has 138 valence electrons. The molecule has 11 heteroatoms. The van der Waals surface area contributed by atoms with Crippen molar-refractivity contribution in [3.05, 3.63) is 37.9 Å². The number of aliphatic hydroxyl groups is 1. The number of halogens is 2. The molecule has 1 aromatic heterocycles. The number of hydrogen-bond acceptors (Lipinski definition) is 6. The Morgan fingerprint density at radius 3 is 2.81 bits per heavy atom. The van der Waals surface area contributed by atoms with E-state index < -0.39 is 17.1 Å². The number of rotatable bonds is 3. The number of nitrogens with zero attached hydrogens (tertiary/aromatic N) is 4. The first-order valence-electron chi connectivity index (χ1n) is 7.61. The van der Waals surface area contributed by atoms with E-state index in [0.717, 1.165) is 6.20 Å². The summed E-state index contributed by atoms with van der Waals surface area (Å²) in [6, 6.07) is 2.62. The number of piperazine rings is 1. The van der Waals surface area contributed by atoms with Crippen LogP contribution in [-0.2, 0) is 0 Å². The van der Waals surface area contributed by atoms with Gasteiger partial charge in [0.15, 0.2) is 0 Å². The Kier molecular flexibility index (Phi) is 5.17. The molecule has 1 saturated heterocycles. The van der Waals surface area contributed by atoms with Gasteiger partial charge in [0.25, 0.3) is 0 Å². The van der Waals surface area contributed by atoms with Gasteiger partial charge < -0.3 is 20.0 Å². The van der Waals surface area contributed by atoms with Gasteiger partial charge in [-0.3, -0.25) is 10.1 Å². The van der Waals surface area contributed by atoms with Crippen molar-refractivity contribution in [3.63, 3.8) is 0 Å². The average Bonchev–Trinajstić information content (AvgIpc) is 2.61. The summed E-state index contributed by atoms with van der Waals surface area (Å²) >= 11 is 9.47. The molecule has 0 unspecified atom stereocenters. The highest BCUT2D eigenvalue weighted by Crippen LogP contribution is 2.39. The van der Waals surface area contributed by atoms with Crippen LogP contribution in [0.25, 0.3) is 10.9 Å². The number of benzene rings is 1. The minimum absolute atomic E-state index is 0.0388. The average molecular weight is 446 g/mol. The van der Waals surface area contributed by atoms with Crippen molar-refractivity contribution in [1.29, 1.82) is 0 Å². The smallest absolute Gasteiger partial charge is 0.407 e. The van der Waals surface area contributed by atoms with Crippen molar-refractivity contribution in [3.8, 4) is 0 Å². The molecule has 1 fully saturated rings. The molecule has 0 bridgehead atoms. The third-order valence-electron chi connectivity index (χ3n) is 4.31. The Morgan fingerprint density at radius 2 is 2.19 bits per heavy atom. The first kappa shape index (κ1) is 18.6. The zero-order valence-corrected chi connectivity index (χ0v) is 15.6. The maximum absolute atomic E-state index is 11.6. The van der Waals surface area contributed by atoms with Crippen LogP contribution in [0.15, 0.2) is 22.8 Å². The van der Waals surface area contributed by atoms with Gasteiger partial charge in [-0.25, -0.2) is 9.78 Å². The molecule has 0 spiro atoms. The summed E-state index contributed by atoms with van der Waals surface area (Å²) in [5.41, 5.74) is 0.552. The van der Waals surface area contributed by atoms with Gasteiger partial charge in [0.2, 0.25) is 0 Å². The van der Waals surface area contributed by atoms with Crippen LogP contribution in [-0.4, -0.2) is 63.4 Å². The van der Waals surface area contributed by atoms with E-state index >= 15 is 0 Å². The summed E-state index contributed by atoms with van der Waals surface area (Å²) in [6.45, 7) is 0.0499. The molecule has 9 nitrogen and oxygen atoms in total. The Bertz CT molecular complexity index is 896. The number of carboxylic acid groups (broad SMARTS) is 1. The van der Waals surface area contributed by atoms with Crippen LogP contribution in [0.4, 0.5) is 16.2 Å². The second-order valence-electron chi connectivity index (χ2n) is 5.79. The largest absolute Gasteiger partial charge is 0.465 e. The Balaban J connectivity index is 2.18. The minimum Gasteiger partial charge on any atom is -0.465 e. The lowest BCUT2D eigenvalue weighted by atomic mass is 10.1. The Morgan fingerprint density at radius 1 is 1.46 bits per heavy atom. The fraction of sp³-hybridized carbons (Fsp3) is 0.333. The van der Waals surface area contributed by atoms with Gasteiger partial charge in [-0.05, 0) is 28.1 Å². The number of fused-ring (bicyclic) bond motifs is 1. The third kappa shape index (κ3) is 3.27. The summed E-state index contributed by atoms with van der Waals surface area (Å²) in [5, 5.41) is 31.3. The molecule has 2 heterocycles. The molecule has 0 saturated carbocycles. The molecule has 1 aliphatic heterocycles. The summed E-state index contributed by atoms with van der Waals surface area (Å²) in [6.07, 6.45) is 0.0693. The molecule has 1 atom stereocenters. The number of aliphatic hydroxyl groups excluding tert-OH is 1. The Labute approximate surface area is 161 Å². The van der Waals surface area contributed by atoms with Gasteiger partial charge in [-0.15, -0.1) is 0 Å². The molecule has 1 aromatic carbocycles. The molecule has 0 aliphatic carbocycles. The van der Waals surface area contributed by atoms with E-state index in [2.05, 4.69) is 20.9 Å². The number of anilines is 1. The first-order chi connectivity index (χ1) is 12.3. The third-order valence-corrected chi connectivity index (χ3v) is 5.51. The van der Waals surface area contributed by atoms with Gasteiger partial charge in [-0.1, -0.05) is 11.6 Å². The number of hydrogen-bond donors (Lipinski definition) is 2. The van der Waals surface area contributed by atoms with Crippen molar-refractivity contribution >= 4 is 55.9 Å². The highest BCUT2D eigenvalue weighted by molar-refractivity contribution is 9.10. The highest BCUT2D eigenvalue weighted by atomic mass is 79.9. The number of aromatic nitrogens is 1. The molecular weight excluding hydrogens is 432 g/mol. The lowest BCUT2D eigenvalue weighted by Crippen LogP contribution is -2.56. The van der Waals surface area contributed by atoms with Gasteiger partial charge in [0.05, 0.1) is 28.1 Å². The van der Waals surface area contributed by atoms with E-state index in [1.165, 1.54) is 4.90 Å². The standard InChI is InChI=1S/C15H14BrClN4O5/c16-10-4-12-9(3-11(10)17)14(13(5-18-12)21(25)26)20-2-1-19(15(23)24)6-8(20)7-22/h3-5,8,22H,1-2,6-7H2,(H,23,24)/t8-/m0/s1. The highest BCUT2D eigenvalue weighted by Gasteiger charge is 2.34. The molecule has 1 amide bonds. The van der Waals surface area contributed by atoms with E-state index in [-0.39, 0.29) is 37.6 Å². The minimum atomic E-state index is -1.09. The maximum Gasteiger partial charge on any atom is 0.407 e. The molecule has 3 rings (SSSR count). The summed E-state index contributed by atoms with van der Waals surface area (Å²) < 4.78 is 0.605. The fourth-order valence-electron chi connectivity index (χ4n) is 3.08. The van der Waals surface area contributed by atoms with Crippen LogP contribution in [0.1, 0.15) is 0 Å². The normalized spacial score (nSPS) is 17.6. The van der Waals surface area contributed by atoms with Gasteiger partial charge in [0, 0.05) is 29.5 Å². The number of nitro groups is 1. The van der Waals surface area contributed by atoms with Gasteiger partial charge in [0.1, 0.15) is 11.9 Å². The lowest BCUT2D eigenvalue weighted by Gasteiger charge is -2.40. The fourth-order valence-corrected chi connectivity index (χ4v) is 3.57.